The van der Waals surface area contributed by atoms with Gasteiger partial charge in [0.1, 0.15) is 5.75 Å². The topological polar surface area (TPSA) is 78.9 Å². The Bertz CT molecular complexity index is 1100. The lowest BCUT2D eigenvalue weighted by molar-refractivity contribution is 0.340. The number of aryl methyl sites for hydroxylation is 2. The largest absolute Gasteiger partial charge is 0.494 e. The Morgan fingerprint density at radius 2 is 1.83 bits per heavy atom. The van der Waals surface area contributed by atoms with E-state index in [1.165, 1.54) is 17.3 Å². The first-order valence-corrected chi connectivity index (χ1v) is 10.3. The van der Waals surface area contributed by atoms with E-state index in [0.29, 0.717) is 24.1 Å². The van der Waals surface area contributed by atoms with Crippen LogP contribution in [0.15, 0.2) is 58.1 Å². The minimum Gasteiger partial charge on any atom is -0.494 e. The van der Waals surface area contributed by atoms with Gasteiger partial charge in [0.15, 0.2) is 11.0 Å². The summed E-state index contributed by atoms with van der Waals surface area (Å²) in [5.74, 6) is 3.24. The van der Waals surface area contributed by atoms with Crippen molar-refractivity contribution >= 4 is 11.8 Å². The fourth-order valence-corrected chi connectivity index (χ4v) is 3.74. The Morgan fingerprint density at radius 3 is 2.52 bits per heavy atom. The van der Waals surface area contributed by atoms with E-state index in [2.05, 4.69) is 39.5 Å². The summed E-state index contributed by atoms with van der Waals surface area (Å²) in [6, 6.07) is 16.2. The summed E-state index contributed by atoms with van der Waals surface area (Å²) >= 11 is 1.50. The number of rotatable bonds is 7. The van der Waals surface area contributed by atoms with Crippen LogP contribution >= 0.6 is 11.8 Å². The van der Waals surface area contributed by atoms with Crippen molar-refractivity contribution in [1.82, 2.24) is 25.0 Å². The summed E-state index contributed by atoms with van der Waals surface area (Å²) in [6.07, 6.45) is 0. The zero-order chi connectivity index (χ0) is 20.2. The maximum Gasteiger partial charge on any atom is 0.226 e. The van der Waals surface area contributed by atoms with Crippen molar-refractivity contribution < 1.29 is 9.15 Å². The van der Waals surface area contributed by atoms with Gasteiger partial charge in [-0.25, -0.2) is 0 Å². The third-order valence-electron chi connectivity index (χ3n) is 4.21. The van der Waals surface area contributed by atoms with Crippen LogP contribution in [0.4, 0.5) is 0 Å². The van der Waals surface area contributed by atoms with Gasteiger partial charge in [0.2, 0.25) is 11.8 Å². The number of ether oxygens (including phenoxy) is 1. The van der Waals surface area contributed by atoms with E-state index in [4.69, 9.17) is 9.15 Å². The maximum atomic E-state index is 5.57. The summed E-state index contributed by atoms with van der Waals surface area (Å²) < 4.78 is 13.1. The summed E-state index contributed by atoms with van der Waals surface area (Å²) in [4.78, 5) is 0. The molecule has 0 N–H and O–H groups in total. The summed E-state index contributed by atoms with van der Waals surface area (Å²) in [5.41, 5.74) is 3.13. The minimum absolute atomic E-state index is 0.518. The van der Waals surface area contributed by atoms with Gasteiger partial charge in [0.25, 0.3) is 0 Å². The zero-order valence-corrected chi connectivity index (χ0v) is 17.3. The van der Waals surface area contributed by atoms with Crippen molar-refractivity contribution in [2.75, 3.05) is 6.61 Å². The van der Waals surface area contributed by atoms with Gasteiger partial charge in [-0.05, 0) is 44.2 Å². The van der Waals surface area contributed by atoms with E-state index in [0.717, 1.165) is 28.0 Å². The molecule has 0 atom stereocenters. The van der Waals surface area contributed by atoms with E-state index < -0.39 is 0 Å². The molecule has 29 heavy (non-hydrogen) atoms. The van der Waals surface area contributed by atoms with Crippen LogP contribution in [-0.4, -0.2) is 31.6 Å². The number of benzene rings is 2. The van der Waals surface area contributed by atoms with Crippen molar-refractivity contribution in [3.8, 4) is 22.8 Å². The first kappa shape index (κ1) is 19.2. The second-order valence-electron chi connectivity index (χ2n) is 6.44. The van der Waals surface area contributed by atoms with Gasteiger partial charge in [-0.15, -0.1) is 20.4 Å². The van der Waals surface area contributed by atoms with Gasteiger partial charge in [-0.3, -0.25) is 4.57 Å². The van der Waals surface area contributed by atoms with Crippen molar-refractivity contribution in [1.29, 1.82) is 0 Å². The number of thioether (sulfide) groups is 1. The maximum absolute atomic E-state index is 5.57. The smallest absolute Gasteiger partial charge is 0.226 e. The molecular formula is C21H21N5O2S. The number of aromatic nitrogens is 5. The third kappa shape index (κ3) is 4.32. The van der Waals surface area contributed by atoms with Crippen LogP contribution in [0.2, 0.25) is 0 Å². The molecule has 4 rings (SSSR count). The van der Waals surface area contributed by atoms with Crippen LogP contribution in [0, 0.1) is 13.8 Å². The van der Waals surface area contributed by atoms with Gasteiger partial charge in [-0.2, -0.15) is 0 Å². The van der Waals surface area contributed by atoms with E-state index in [9.17, 15) is 0 Å². The van der Waals surface area contributed by atoms with Gasteiger partial charge in [0, 0.05) is 18.2 Å². The molecule has 0 aliphatic heterocycles. The van der Waals surface area contributed by atoms with Crippen molar-refractivity contribution in [2.45, 2.75) is 31.7 Å². The third-order valence-corrected chi connectivity index (χ3v) is 5.12. The summed E-state index contributed by atoms with van der Waals surface area (Å²) in [7, 11) is 0. The molecule has 2 heterocycles. The summed E-state index contributed by atoms with van der Waals surface area (Å²) in [5, 5.41) is 17.6. The Labute approximate surface area is 173 Å². The van der Waals surface area contributed by atoms with Crippen LogP contribution in [0.3, 0.4) is 0 Å². The molecule has 2 aromatic carbocycles. The predicted octanol–water partition coefficient (Wildman–Crippen LogP) is 4.63. The molecule has 0 saturated carbocycles. The van der Waals surface area contributed by atoms with E-state index >= 15 is 0 Å². The van der Waals surface area contributed by atoms with Crippen LogP contribution in [-0.2, 0) is 5.75 Å². The molecule has 4 aromatic rings. The molecule has 0 spiro atoms. The van der Waals surface area contributed by atoms with Gasteiger partial charge >= 0.3 is 0 Å². The molecule has 0 saturated heterocycles. The molecule has 0 fully saturated rings. The predicted molar refractivity (Wildman–Crippen MR) is 111 cm³/mol. The molecule has 2 aromatic heterocycles. The van der Waals surface area contributed by atoms with Gasteiger partial charge in [0.05, 0.1) is 12.4 Å². The van der Waals surface area contributed by atoms with Crippen LogP contribution < -0.4 is 4.74 Å². The zero-order valence-electron chi connectivity index (χ0n) is 16.5. The second-order valence-corrected chi connectivity index (χ2v) is 7.38. The standard InChI is InChI=1S/C21H21N5O2S/c1-4-27-18-10-8-17(9-11-18)26-20(16-7-5-6-14(2)12-16)24-25-21(26)29-13-19-23-22-15(3)28-19/h5-12H,4,13H2,1-3H3. The molecule has 148 valence electrons. The monoisotopic (exact) mass is 407 g/mol. The number of hydrogen-bond donors (Lipinski definition) is 0. The Hall–Kier alpha value is -3.13. The average Bonchev–Trinajstić information content (AvgIpc) is 3.33. The van der Waals surface area contributed by atoms with E-state index in [-0.39, 0.29) is 0 Å². The van der Waals surface area contributed by atoms with Crippen LogP contribution in [0.25, 0.3) is 17.1 Å². The lowest BCUT2D eigenvalue weighted by Gasteiger charge is -2.11. The molecule has 0 bridgehead atoms. The Balaban J connectivity index is 1.72. The van der Waals surface area contributed by atoms with Crippen LogP contribution in [0.1, 0.15) is 24.3 Å². The highest BCUT2D eigenvalue weighted by Crippen LogP contribution is 2.30. The van der Waals surface area contributed by atoms with E-state index in [1.54, 1.807) is 6.92 Å². The normalized spacial score (nSPS) is 11.0. The Morgan fingerprint density at radius 1 is 1.00 bits per heavy atom. The highest BCUT2D eigenvalue weighted by molar-refractivity contribution is 7.98. The van der Waals surface area contributed by atoms with E-state index in [1.807, 2.05) is 47.9 Å². The molecule has 8 heteroatoms. The highest BCUT2D eigenvalue weighted by atomic mass is 32.2. The van der Waals surface area contributed by atoms with Crippen molar-refractivity contribution in [3.05, 3.63) is 65.9 Å². The molecule has 0 radical (unpaired) electrons. The summed E-state index contributed by atoms with van der Waals surface area (Å²) in [6.45, 7) is 6.44. The molecule has 0 aliphatic carbocycles. The van der Waals surface area contributed by atoms with Crippen molar-refractivity contribution in [3.63, 3.8) is 0 Å². The van der Waals surface area contributed by atoms with Crippen molar-refractivity contribution in [2.24, 2.45) is 0 Å². The van der Waals surface area contributed by atoms with Crippen LogP contribution in [0.5, 0.6) is 5.75 Å². The lowest BCUT2D eigenvalue weighted by Crippen LogP contribution is -2.00. The fraction of sp³-hybridized carbons (Fsp3) is 0.238. The minimum atomic E-state index is 0.518. The fourth-order valence-electron chi connectivity index (χ4n) is 2.95. The molecule has 7 nitrogen and oxygen atoms in total. The molecule has 0 aliphatic rings. The quantitative estimate of drug-likeness (QED) is 0.413. The average molecular weight is 407 g/mol. The molecular weight excluding hydrogens is 386 g/mol. The van der Waals surface area contributed by atoms with Gasteiger partial charge in [-0.1, -0.05) is 35.5 Å². The second kappa shape index (κ2) is 8.48. The number of hydrogen-bond acceptors (Lipinski definition) is 7. The first-order valence-electron chi connectivity index (χ1n) is 9.31. The molecule has 0 unspecified atom stereocenters. The highest BCUT2D eigenvalue weighted by Gasteiger charge is 2.17. The first-order chi connectivity index (χ1) is 14.1. The lowest BCUT2D eigenvalue weighted by atomic mass is 10.1. The number of nitrogens with zero attached hydrogens (tertiary/aromatic N) is 5. The molecule has 0 amide bonds. The SMILES string of the molecule is CCOc1ccc(-n2c(SCc3nnc(C)o3)nnc2-c2cccc(C)c2)cc1. The van der Waals surface area contributed by atoms with Gasteiger partial charge < -0.3 is 9.15 Å². The Kier molecular flexibility index (Phi) is 5.62.